The van der Waals surface area contributed by atoms with Crippen LogP contribution in [0.3, 0.4) is 0 Å². The number of halogens is 1. The fourth-order valence-corrected chi connectivity index (χ4v) is 2.07. The van der Waals surface area contributed by atoms with Crippen LogP contribution in [0.5, 0.6) is 10.9 Å². The molecule has 0 unspecified atom stereocenters. The van der Waals surface area contributed by atoms with Crippen LogP contribution in [0.4, 0.5) is 0 Å². The quantitative estimate of drug-likeness (QED) is 0.863. The van der Waals surface area contributed by atoms with Crippen LogP contribution in [0, 0.1) is 0 Å². The van der Waals surface area contributed by atoms with Gasteiger partial charge in [0.25, 0.3) is 5.19 Å². The summed E-state index contributed by atoms with van der Waals surface area (Å²) in [5, 5.41) is 8.21. The molecule has 0 saturated heterocycles. The lowest BCUT2D eigenvalue weighted by molar-refractivity contribution is 0.473. The molecule has 0 N–H and O–H groups in total. The maximum Gasteiger partial charge on any atom is 0.300 e. The summed E-state index contributed by atoms with van der Waals surface area (Å²) in [6.45, 7) is 2.12. The highest BCUT2D eigenvalue weighted by Crippen LogP contribution is 2.27. The summed E-state index contributed by atoms with van der Waals surface area (Å²) >= 11 is 4.60. The molecular weight excluding hydrogens is 276 g/mol. The first-order valence-corrected chi connectivity index (χ1v) is 6.14. The molecule has 1 heterocycles. The molecule has 0 saturated carbocycles. The largest absolute Gasteiger partial charge is 0.430 e. The fourth-order valence-electron chi connectivity index (χ4n) is 1.13. The zero-order chi connectivity index (χ0) is 10.7. The third kappa shape index (κ3) is 2.76. The lowest BCUT2D eigenvalue weighted by Gasteiger charge is -2.01. The Morgan fingerprint density at radius 3 is 2.53 bits per heavy atom. The minimum Gasteiger partial charge on any atom is -0.430 e. The molecule has 0 atom stereocenters. The lowest BCUT2D eigenvalue weighted by Crippen LogP contribution is -1.84. The van der Waals surface area contributed by atoms with Crippen molar-refractivity contribution in [1.29, 1.82) is 0 Å². The van der Waals surface area contributed by atoms with Gasteiger partial charge in [0.2, 0.25) is 0 Å². The lowest BCUT2D eigenvalue weighted by atomic mass is 10.2. The molecule has 15 heavy (non-hydrogen) atoms. The predicted octanol–water partition coefficient (Wildman–Crippen LogP) is 3.66. The van der Waals surface area contributed by atoms with E-state index in [1.54, 1.807) is 0 Å². The van der Waals surface area contributed by atoms with E-state index in [0.29, 0.717) is 5.19 Å². The molecule has 3 nitrogen and oxygen atoms in total. The van der Waals surface area contributed by atoms with Crippen LogP contribution < -0.4 is 4.74 Å². The average molecular weight is 285 g/mol. The highest BCUT2D eigenvalue weighted by atomic mass is 79.9. The molecule has 0 aliphatic carbocycles. The van der Waals surface area contributed by atoms with Crippen molar-refractivity contribution in [3.05, 3.63) is 33.7 Å². The number of hydrogen-bond acceptors (Lipinski definition) is 4. The molecule has 2 rings (SSSR count). The normalized spacial score (nSPS) is 10.3. The van der Waals surface area contributed by atoms with Crippen molar-refractivity contribution >= 4 is 27.3 Å². The Balaban J connectivity index is 2.11. The van der Waals surface area contributed by atoms with E-state index in [-0.39, 0.29) is 0 Å². The Morgan fingerprint density at radius 1 is 1.27 bits per heavy atom. The summed E-state index contributed by atoms with van der Waals surface area (Å²) in [6, 6.07) is 7.97. The van der Waals surface area contributed by atoms with Crippen molar-refractivity contribution in [2.45, 2.75) is 13.3 Å². The van der Waals surface area contributed by atoms with Gasteiger partial charge in [-0.2, -0.15) is 0 Å². The second-order valence-corrected chi connectivity index (χ2v) is 5.14. The minimum atomic E-state index is 0.547. The highest BCUT2D eigenvalue weighted by Gasteiger charge is 2.03. The number of nitrogens with zero attached hydrogens (tertiary/aromatic N) is 2. The molecule has 1 aromatic heterocycles. The van der Waals surface area contributed by atoms with Crippen molar-refractivity contribution in [2.75, 3.05) is 0 Å². The van der Waals surface area contributed by atoms with Gasteiger partial charge in [-0.1, -0.05) is 24.2 Å². The number of ether oxygens (including phenoxy) is 1. The number of rotatable bonds is 3. The minimum absolute atomic E-state index is 0.547. The second-order valence-electron chi connectivity index (χ2n) is 2.92. The van der Waals surface area contributed by atoms with Crippen LogP contribution in [0.2, 0.25) is 0 Å². The summed E-state index contributed by atoms with van der Waals surface area (Å²) in [5.41, 5.74) is 1.29. The predicted molar refractivity (Wildman–Crippen MR) is 63.5 cm³/mol. The van der Waals surface area contributed by atoms with Crippen molar-refractivity contribution < 1.29 is 4.74 Å². The van der Waals surface area contributed by atoms with Gasteiger partial charge in [0.05, 0.1) is 0 Å². The molecule has 0 fully saturated rings. The highest BCUT2D eigenvalue weighted by molar-refractivity contribution is 9.11. The van der Waals surface area contributed by atoms with E-state index in [4.69, 9.17) is 4.74 Å². The van der Waals surface area contributed by atoms with E-state index < -0.39 is 0 Å². The van der Waals surface area contributed by atoms with E-state index in [2.05, 4.69) is 33.1 Å². The summed E-state index contributed by atoms with van der Waals surface area (Å²) in [6.07, 6.45) is 1.03. The van der Waals surface area contributed by atoms with E-state index in [1.165, 1.54) is 16.9 Å². The molecule has 0 spiro atoms. The van der Waals surface area contributed by atoms with Crippen molar-refractivity contribution in [3.8, 4) is 10.9 Å². The first-order valence-electron chi connectivity index (χ1n) is 4.53. The number of aromatic nitrogens is 2. The van der Waals surface area contributed by atoms with Crippen LogP contribution in [0.15, 0.2) is 28.2 Å². The topological polar surface area (TPSA) is 35.0 Å². The van der Waals surface area contributed by atoms with E-state index in [9.17, 15) is 0 Å². The standard InChI is InChI=1S/C10H9BrN2OS/c1-2-7-3-5-8(6-4-7)14-10-13-12-9(11)15-10/h3-6H,2H2,1H3. The van der Waals surface area contributed by atoms with Gasteiger partial charge in [-0.25, -0.2) is 0 Å². The SMILES string of the molecule is CCc1ccc(Oc2nnc(Br)s2)cc1. The summed E-state index contributed by atoms with van der Waals surface area (Å²) < 4.78 is 6.24. The van der Waals surface area contributed by atoms with Crippen molar-refractivity contribution in [2.24, 2.45) is 0 Å². The van der Waals surface area contributed by atoms with Gasteiger partial charge in [0.15, 0.2) is 3.92 Å². The molecule has 1 aromatic carbocycles. The average Bonchev–Trinajstić information content (AvgIpc) is 2.65. The van der Waals surface area contributed by atoms with Gasteiger partial charge in [-0.3, -0.25) is 0 Å². The van der Waals surface area contributed by atoms with Gasteiger partial charge in [0, 0.05) is 0 Å². The maximum absolute atomic E-state index is 5.51. The molecule has 0 amide bonds. The third-order valence-electron chi connectivity index (χ3n) is 1.92. The van der Waals surface area contributed by atoms with E-state index >= 15 is 0 Å². The maximum atomic E-state index is 5.51. The Hall–Kier alpha value is -0.940. The number of benzene rings is 1. The Labute approximate surface area is 100 Å². The summed E-state index contributed by atoms with van der Waals surface area (Å²) in [5.74, 6) is 0.788. The Kier molecular flexibility index (Phi) is 3.33. The molecule has 0 aliphatic rings. The fraction of sp³-hybridized carbons (Fsp3) is 0.200. The smallest absolute Gasteiger partial charge is 0.300 e. The molecule has 0 radical (unpaired) electrons. The van der Waals surface area contributed by atoms with Gasteiger partial charge in [0.1, 0.15) is 5.75 Å². The molecule has 2 aromatic rings. The zero-order valence-corrected chi connectivity index (χ0v) is 10.5. The zero-order valence-electron chi connectivity index (χ0n) is 8.11. The molecule has 5 heteroatoms. The summed E-state index contributed by atoms with van der Waals surface area (Å²) in [4.78, 5) is 0. The molecular formula is C10H9BrN2OS. The van der Waals surface area contributed by atoms with Gasteiger partial charge < -0.3 is 4.74 Å². The van der Waals surface area contributed by atoms with Crippen LogP contribution in [0.25, 0.3) is 0 Å². The Bertz CT molecular complexity index is 441. The van der Waals surface area contributed by atoms with Crippen molar-refractivity contribution in [1.82, 2.24) is 10.2 Å². The van der Waals surface area contributed by atoms with Gasteiger partial charge >= 0.3 is 0 Å². The van der Waals surface area contributed by atoms with Crippen LogP contribution in [-0.4, -0.2) is 10.2 Å². The van der Waals surface area contributed by atoms with E-state index in [1.807, 2.05) is 24.3 Å². The molecule has 0 bridgehead atoms. The summed E-state index contributed by atoms with van der Waals surface area (Å²) in [7, 11) is 0. The van der Waals surface area contributed by atoms with Gasteiger partial charge in [-0.15, -0.1) is 5.10 Å². The molecule has 78 valence electrons. The van der Waals surface area contributed by atoms with Crippen LogP contribution in [0.1, 0.15) is 12.5 Å². The first kappa shape index (κ1) is 10.6. The van der Waals surface area contributed by atoms with Crippen molar-refractivity contribution in [3.63, 3.8) is 0 Å². The van der Waals surface area contributed by atoms with Gasteiger partial charge in [-0.05, 0) is 51.4 Å². The monoisotopic (exact) mass is 284 g/mol. The van der Waals surface area contributed by atoms with Crippen LogP contribution in [-0.2, 0) is 6.42 Å². The number of hydrogen-bond donors (Lipinski definition) is 0. The third-order valence-corrected chi connectivity index (χ3v) is 3.15. The van der Waals surface area contributed by atoms with E-state index in [0.717, 1.165) is 16.1 Å². The first-order chi connectivity index (χ1) is 7.28. The molecule has 0 aliphatic heterocycles. The Morgan fingerprint density at radius 2 is 2.00 bits per heavy atom. The second kappa shape index (κ2) is 4.72. The van der Waals surface area contributed by atoms with Crippen LogP contribution >= 0.6 is 27.3 Å². The number of aryl methyl sites for hydroxylation is 1.